The first-order chi connectivity index (χ1) is 19.3. The highest BCUT2D eigenvalue weighted by Crippen LogP contribution is 2.25. The molecule has 9 nitrogen and oxygen atoms in total. The summed E-state index contributed by atoms with van der Waals surface area (Å²) in [4.78, 5) is 29.4. The van der Waals surface area contributed by atoms with E-state index in [4.69, 9.17) is 9.47 Å². The fourth-order valence-corrected chi connectivity index (χ4v) is 5.20. The molecule has 1 atom stereocenters. The van der Waals surface area contributed by atoms with Gasteiger partial charge in [-0.3, -0.25) is 13.9 Å². The van der Waals surface area contributed by atoms with E-state index < -0.39 is 34.1 Å². The predicted octanol–water partition coefficient (Wildman–Crippen LogP) is 4.02. The fourth-order valence-electron chi connectivity index (χ4n) is 4.35. The van der Waals surface area contributed by atoms with Gasteiger partial charge in [0.25, 0.3) is 0 Å². The van der Waals surface area contributed by atoms with Crippen LogP contribution in [0.4, 0.5) is 5.69 Å². The molecular formula is C31H39N3O6S. The van der Waals surface area contributed by atoms with Crippen molar-refractivity contribution >= 4 is 27.5 Å². The molecule has 3 aromatic rings. The summed E-state index contributed by atoms with van der Waals surface area (Å²) in [5.41, 5.74) is 1.31. The number of carbonyl (C=O) groups is 2. The average Bonchev–Trinajstić information content (AvgIpc) is 2.92. The number of ether oxygens (including phenoxy) is 2. The number of nitrogens with one attached hydrogen (secondary N) is 1. The molecule has 0 aliphatic carbocycles. The van der Waals surface area contributed by atoms with Crippen molar-refractivity contribution in [1.82, 2.24) is 10.2 Å². The summed E-state index contributed by atoms with van der Waals surface area (Å²) < 4.78 is 37.5. The molecule has 0 spiro atoms. The van der Waals surface area contributed by atoms with E-state index >= 15 is 0 Å². The Balaban J connectivity index is 2.09. The van der Waals surface area contributed by atoms with E-state index in [-0.39, 0.29) is 24.6 Å². The van der Waals surface area contributed by atoms with Gasteiger partial charge in [-0.1, -0.05) is 48.5 Å². The normalized spacial score (nSPS) is 12.2. The minimum Gasteiger partial charge on any atom is -0.497 e. The predicted molar refractivity (Wildman–Crippen MR) is 161 cm³/mol. The van der Waals surface area contributed by atoms with Crippen molar-refractivity contribution in [1.29, 1.82) is 0 Å². The second-order valence-electron chi connectivity index (χ2n) is 10.8. The number of methoxy groups -OCH3 is 2. The maximum atomic E-state index is 14.2. The first kappa shape index (κ1) is 31.5. The fraction of sp³-hybridized carbons (Fsp3) is 0.355. The highest BCUT2D eigenvalue weighted by molar-refractivity contribution is 7.92. The molecule has 0 heterocycles. The Morgan fingerprint density at radius 1 is 0.854 bits per heavy atom. The second-order valence-corrected chi connectivity index (χ2v) is 12.7. The molecule has 0 aliphatic rings. The Morgan fingerprint density at radius 3 is 2.02 bits per heavy atom. The summed E-state index contributed by atoms with van der Waals surface area (Å²) in [6.45, 7) is 5.15. The molecular weight excluding hydrogens is 542 g/mol. The second kappa shape index (κ2) is 13.5. The van der Waals surface area contributed by atoms with Crippen molar-refractivity contribution in [2.24, 2.45) is 0 Å². The van der Waals surface area contributed by atoms with Gasteiger partial charge in [0.1, 0.15) is 24.1 Å². The summed E-state index contributed by atoms with van der Waals surface area (Å²) in [7, 11) is -0.849. The van der Waals surface area contributed by atoms with Crippen LogP contribution in [0, 0.1) is 0 Å². The number of nitrogens with zero attached hydrogens (tertiary/aromatic N) is 2. The zero-order chi connectivity index (χ0) is 30.2. The molecule has 0 saturated heterocycles. The Morgan fingerprint density at radius 2 is 1.44 bits per heavy atom. The molecule has 220 valence electrons. The summed E-state index contributed by atoms with van der Waals surface area (Å²) >= 11 is 0. The summed E-state index contributed by atoms with van der Waals surface area (Å²) in [6.07, 6.45) is 1.27. The molecule has 1 N–H and O–H groups in total. The number of anilines is 1. The van der Waals surface area contributed by atoms with E-state index in [9.17, 15) is 18.0 Å². The zero-order valence-electron chi connectivity index (χ0n) is 24.5. The van der Waals surface area contributed by atoms with Gasteiger partial charge in [-0.15, -0.1) is 0 Å². The van der Waals surface area contributed by atoms with Gasteiger partial charge in [-0.25, -0.2) is 8.42 Å². The summed E-state index contributed by atoms with van der Waals surface area (Å²) in [5.74, 6) is 0.169. The number of hydrogen-bond donors (Lipinski definition) is 1. The number of sulfonamides is 1. The van der Waals surface area contributed by atoms with Gasteiger partial charge in [-0.2, -0.15) is 0 Å². The van der Waals surface area contributed by atoms with Gasteiger partial charge in [-0.05, 0) is 56.2 Å². The van der Waals surface area contributed by atoms with Crippen LogP contribution in [0.2, 0.25) is 0 Å². The summed E-state index contributed by atoms with van der Waals surface area (Å²) in [5, 5.41) is 3.01. The molecule has 41 heavy (non-hydrogen) atoms. The average molecular weight is 582 g/mol. The Hall–Kier alpha value is -4.05. The van der Waals surface area contributed by atoms with Crippen molar-refractivity contribution < 1.29 is 27.5 Å². The number of amides is 2. The molecule has 0 fully saturated rings. The number of rotatable bonds is 12. The van der Waals surface area contributed by atoms with E-state index in [1.807, 2.05) is 57.2 Å². The number of benzene rings is 3. The highest BCUT2D eigenvalue weighted by Gasteiger charge is 2.34. The lowest BCUT2D eigenvalue weighted by molar-refractivity contribution is -0.140. The van der Waals surface area contributed by atoms with Crippen molar-refractivity contribution in [2.75, 3.05) is 31.3 Å². The van der Waals surface area contributed by atoms with Crippen molar-refractivity contribution in [3.8, 4) is 11.5 Å². The van der Waals surface area contributed by atoms with E-state index in [2.05, 4.69) is 5.32 Å². The van der Waals surface area contributed by atoms with Crippen LogP contribution < -0.4 is 19.1 Å². The third kappa shape index (κ3) is 9.24. The molecule has 2 amide bonds. The van der Waals surface area contributed by atoms with E-state index in [1.54, 1.807) is 49.6 Å². The minimum atomic E-state index is -3.88. The van der Waals surface area contributed by atoms with Crippen LogP contribution in [0.5, 0.6) is 11.5 Å². The van der Waals surface area contributed by atoms with Gasteiger partial charge >= 0.3 is 0 Å². The maximum absolute atomic E-state index is 14.2. The van der Waals surface area contributed by atoms with Crippen molar-refractivity contribution in [3.63, 3.8) is 0 Å². The molecule has 3 rings (SSSR count). The lowest BCUT2D eigenvalue weighted by Crippen LogP contribution is -2.56. The van der Waals surface area contributed by atoms with Gasteiger partial charge in [0.15, 0.2) is 0 Å². The van der Waals surface area contributed by atoms with Crippen LogP contribution in [-0.4, -0.2) is 63.7 Å². The third-order valence-electron chi connectivity index (χ3n) is 6.28. The van der Waals surface area contributed by atoms with Gasteiger partial charge in [0, 0.05) is 24.6 Å². The largest absolute Gasteiger partial charge is 0.497 e. The first-order valence-corrected chi connectivity index (χ1v) is 15.1. The SMILES string of the molecule is COc1cccc(CN(C(=O)CN(c2cccc(OC)c2)S(C)(=O)=O)C(Cc2ccccc2)C(=O)NC(C)(C)C)c1. The Bertz CT molecular complexity index is 1440. The molecule has 0 radical (unpaired) electrons. The van der Waals surface area contributed by atoms with Crippen LogP contribution in [0.25, 0.3) is 0 Å². The quantitative estimate of drug-likeness (QED) is 0.346. The molecule has 0 aromatic heterocycles. The minimum absolute atomic E-state index is 0.0564. The van der Waals surface area contributed by atoms with Crippen LogP contribution in [0.15, 0.2) is 78.9 Å². The molecule has 1 unspecified atom stereocenters. The molecule has 3 aromatic carbocycles. The Labute approximate surface area is 243 Å². The Kier molecular flexibility index (Phi) is 10.4. The van der Waals surface area contributed by atoms with E-state index in [0.717, 1.165) is 21.7 Å². The lowest BCUT2D eigenvalue weighted by atomic mass is 10.0. The monoisotopic (exact) mass is 581 g/mol. The standard InChI is InChI=1S/C31H39N3O6S/c1-31(2,3)32-30(36)28(19-23-12-8-7-9-13-23)33(21-24-14-10-16-26(18-24)39-4)29(35)22-34(41(6,37)38)25-15-11-17-27(20-25)40-5/h7-18,20,28H,19,21-22H2,1-6H3,(H,32,36). The third-order valence-corrected chi connectivity index (χ3v) is 7.42. The van der Waals surface area contributed by atoms with Crippen LogP contribution in [0.1, 0.15) is 31.9 Å². The van der Waals surface area contributed by atoms with Crippen molar-refractivity contribution in [3.05, 3.63) is 90.0 Å². The highest BCUT2D eigenvalue weighted by atomic mass is 32.2. The smallest absolute Gasteiger partial charge is 0.244 e. The maximum Gasteiger partial charge on any atom is 0.244 e. The van der Waals surface area contributed by atoms with Crippen LogP contribution in [-0.2, 0) is 32.6 Å². The van der Waals surface area contributed by atoms with Crippen molar-refractivity contribution in [2.45, 2.75) is 45.3 Å². The van der Waals surface area contributed by atoms with Gasteiger partial charge in [0.2, 0.25) is 21.8 Å². The first-order valence-electron chi connectivity index (χ1n) is 13.2. The molecule has 0 aliphatic heterocycles. The van der Waals surface area contributed by atoms with E-state index in [1.165, 1.54) is 12.0 Å². The number of carbonyl (C=O) groups excluding carboxylic acids is 2. The van der Waals surface area contributed by atoms with E-state index in [0.29, 0.717) is 11.5 Å². The zero-order valence-corrected chi connectivity index (χ0v) is 25.3. The van der Waals surface area contributed by atoms with Gasteiger partial charge < -0.3 is 19.7 Å². The molecule has 0 saturated carbocycles. The lowest BCUT2D eigenvalue weighted by Gasteiger charge is -2.35. The summed E-state index contributed by atoms with van der Waals surface area (Å²) in [6, 6.07) is 22.2. The van der Waals surface area contributed by atoms with Gasteiger partial charge in [0.05, 0.1) is 26.2 Å². The molecule has 10 heteroatoms. The van der Waals surface area contributed by atoms with Crippen LogP contribution in [0.3, 0.4) is 0 Å². The van der Waals surface area contributed by atoms with Crippen LogP contribution >= 0.6 is 0 Å². The molecule has 0 bridgehead atoms. The topological polar surface area (TPSA) is 105 Å². The number of hydrogen-bond acceptors (Lipinski definition) is 6.